The predicted octanol–water partition coefficient (Wildman–Crippen LogP) is 2.92. The van der Waals surface area contributed by atoms with E-state index in [4.69, 9.17) is 13.8 Å². The van der Waals surface area contributed by atoms with Crippen molar-refractivity contribution in [2.75, 3.05) is 20.5 Å². The predicted molar refractivity (Wildman–Crippen MR) is 91.0 cm³/mol. The van der Waals surface area contributed by atoms with Gasteiger partial charge in [-0.25, -0.2) is 9.59 Å². The van der Waals surface area contributed by atoms with Crippen LogP contribution in [0.1, 0.15) is 19.4 Å². The van der Waals surface area contributed by atoms with Crippen molar-refractivity contribution in [3.63, 3.8) is 0 Å². The van der Waals surface area contributed by atoms with Crippen molar-refractivity contribution in [2.24, 2.45) is 5.92 Å². The van der Waals surface area contributed by atoms with Gasteiger partial charge in [0.05, 0.1) is 7.11 Å². The van der Waals surface area contributed by atoms with Crippen molar-refractivity contribution in [1.82, 2.24) is 5.32 Å². The van der Waals surface area contributed by atoms with E-state index in [0.717, 1.165) is 5.56 Å². The highest BCUT2D eigenvalue weighted by Gasteiger charge is 2.34. The van der Waals surface area contributed by atoms with Crippen LogP contribution in [0.5, 0.6) is 0 Å². The molecular weight excluding hydrogens is 349 g/mol. The number of hydrogen-bond acceptors (Lipinski definition) is 7. The average molecular weight is 373 g/mol. The molecule has 1 rings (SSSR count). The molecule has 2 atom stereocenters. The molecule has 0 aliphatic carbocycles. The lowest BCUT2D eigenvalue weighted by Gasteiger charge is -2.24. The molecule has 0 fully saturated rings. The summed E-state index contributed by atoms with van der Waals surface area (Å²) >= 11 is 0. The molecule has 0 bridgehead atoms. The van der Waals surface area contributed by atoms with Crippen LogP contribution in [0.4, 0.5) is 4.79 Å². The van der Waals surface area contributed by atoms with Gasteiger partial charge in [0.1, 0.15) is 12.9 Å². The zero-order valence-corrected chi connectivity index (χ0v) is 15.7. The monoisotopic (exact) mass is 373 g/mol. The largest absolute Gasteiger partial charge is 0.467 e. The molecule has 9 heteroatoms. The number of benzene rings is 1. The molecule has 1 aromatic carbocycles. The van der Waals surface area contributed by atoms with Crippen molar-refractivity contribution >= 4 is 19.7 Å². The van der Waals surface area contributed by atoms with E-state index >= 15 is 0 Å². The van der Waals surface area contributed by atoms with Gasteiger partial charge in [-0.3, -0.25) is 9.09 Å². The fraction of sp³-hybridized carbons (Fsp3) is 0.500. The maximum absolute atomic E-state index is 12.6. The second-order valence-corrected chi connectivity index (χ2v) is 7.60. The van der Waals surface area contributed by atoms with Crippen LogP contribution >= 0.6 is 7.60 Å². The molecule has 1 N–H and O–H groups in total. The van der Waals surface area contributed by atoms with E-state index in [0.29, 0.717) is 0 Å². The molecule has 1 aromatic rings. The first-order chi connectivity index (χ1) is 11.8. The highest BCUT2D eigenvalue weighted by molar-refractivity contribution is 7.53. The van der Waals surface area contributed by atoms with Gasteiger partial charge in [0.2, 0.25) is 0 Å². The van der Waals surface area contributed by atoms with E-state index in [1.165, 1.54) is 14.2 Å². The van der Waals surface area contributed by atoms with Crippen LogP contribution in [-0.2, 0) is 34.5 Å². The zero-order chi connectivity index (χ0) is 18.9. The Hall–Kier alpha value is -1.89. The van der Waals surface area contributed by atoms with Crippen LogP contribution in [0.15, 0.2) is 30.3 Å². The molecule has 25 heavy (non-hydrogen) atoms. The van der Waals surface area contributed by atoms with Crippen LogP contribution in [-0.4, -0.2) is 38.7 Å². The standard InChI is InChI=1S/C16H24NO7P/c1-12(2)14(15(18)21-3)24-25(20,22-4)11-17-16(19)23-10-13-8-6-5-7-9-13/h5-9,12,14H,10-11H2,1-4H3,(H,17,19)/t14-,25?/m0/s1. The first kappa shape index (κ1) is 21.2. The molecule has 8 nitrogen and oxygen atoms in total. The summed E-state index contributed by atoms with van der Waals surface area (Å²) in [5.41, 5.74) is 0.814. The van der Waals surface area contributed by atoms with E-state index < -0.39 is 32.0 Å². The molecular formula is C16H24NO7P. The van der Waals surface area contributed by atoms with Gasteiger partial charge in [0.25, 0.3) is 0 Å². The number of nitrogens with one attached hydrogen (secondary N) is 1. The van der Waals surface area contributed by atoms with Crippen molar-refractivity contribution in [2.45, 2.75) is 26.6 Å². The van der Waals surface area contributed by atoms with Gasteiger partial charge in [-0.15, -0.1) is 0 Å². The number of rotatable bonds is 9. The minimum Gasteiger partial charge on any atom is -0.467 e. The molecule has 0 saturated heterocycles. The van der Waals surface area contributed by atoms with Gasteiger partial charge in [-0.2, -0.15) is 0 Å². The van der Waals surface area contributed by atoms with Gasteiger partial charge in [-0.05, 0) is 11.5 Å². The maximum atomic E-state index is 12.6. The Bertz CT molecular complexity index is 606. The zero-order valence-electron chi connectivity index (χ0n) is 14.8. The molecule has 0 saturated carbocycles. The number of ether oxygens (including phenoxy) is 2. The summed E-state index contributed by atoms with van der Waals surface area (Å²) in [5.74, 6) is -0.958. The van der Waals surface area contributed by atoms with E-state index in [2.05, 4.69) is 10.1 Å². The molecule has 0 radical (unpaired) electrons. The second kappa shape index (κ2) is 10.2. The third kappa shape index (κ3) is 7.25. The number of esters is 1. The Labute approximate surface area is 147 Å². The summed E-state index contributed by atoms with van der Waals surface area (Å²) in [7, 11) is -1.36. The fourth-order valence-corrected chi connectivity index (χ4v) is 3.09. The maximum Gasteiger partial charge on any atom is 0.408 e. The molecule has 0 heterocycles. The lowest BCUT2D eigenvalue weighted by Crippen LogP contribution is -2.33. The fourth-order valence-electron chi connectivity index (χ4n) is 1.81. The number of alkyl carbamates (subject to hydrolysis) is 1. The molecule has 1 amide bonds. The van der Waals surface area contributed by atoms with Crippen LogP contribution in [0, 0.1) is 5.92 Å². The Morgan fingerprint density at radius 2 is 1.80 bits per heavy atom. The van der Waals surface area contributed by atoms with Crippen LogP contribution in [0.3, 0.4) is 0 Å². The minimum absolute atomic E-state index is 0.0710. The Morgan fingerprint density at radius 1 is 1.16 bits per heavy atom. The molecule has 0 aliphatic heterocycles. The van der Waals surface area contributed by atoms with Gasteiger partial charge in [0, 0.05) is 7.11 Å². The number of hydrogen-bond donors (Lipinski definition) is 1. The van der Waals surface area contributed by atoms with Gasteiger partial charge >= 0.3 is 19.7 Å². The van der Waals surface area contributed by atoms with Crippen LogP contribution in [0.25, 0.3) is 0 Å². The Morgan fingerprint density at radius 3 is 2.32 bits per heavy atom. The van der Waals surface area contributed by atoms with E-state index in [9.17, 15) is 14.2 Å². The number of carbonyl (C=O) groups excluding carboxylic acids is 2. The van der Waals surface area contributed by atoms with E-state index in [1.807, 2.05) is 18.2 Å². The second-order valence-electron chi connectivity index (χ2n) is 5.48. The first-order valence-corrected chi connectivity index (χ1v) is 9.39. The number of carbonyl (C=O) groups is 2. The highest BCUT2D eigenvalue weighted by Crippen LogP contribution is 2.48. The molecule has 1 unspecified atom stereocenters. The van der Waals surface area contributed by atoms with Crippen LogP contribution in [0.2, 0.25) is 0 Å². The average Bonchev–Trinajstić information content (AvgIpc) is 2.62. The Kier molecular flexibility index (Phi) is 8.61. The van der Waals surface area contributed by atoms with Crippen molar-refractivity contribution in [3.8, 4) is 0 Å². The van der Waals surface area contributed by atoms with Crippen molar-refractivity contribution in [3.05, 3.63) is 35.9 Å². The molecule has 0 aromatic heterocycles. The summed E-state index contributed by atoms with van der Waals surface area (Å²) in [5, 5.41) is 2.32. The van der Waals surface area contributed by atoms with E-state index in [-0.39, 0.29) is 12.5 Å². The number of methoxy groups -OCH3 is 1. The summed E-state index contributed by atoms with van der Waals surface area (Å²) in [6, 6.07) is 9.10. The lowest BCUT2D eigenvalue weighted by atomic mass is 10.1. The first-order valence-electron chi connectivity index (χ1n) is 7.67. The number of amides is 1. The lowest BCUT2D eigenvalue weighted by molar-refractivity contribution is -0.151. The topological polar surface area (TPSA) is 100 Å². The highest BCUT2D eigenvalue weighted by atomic mass is 31.2. The van der Waals surface area contributed by atoms with Crippen molar-refractivity contribution in [1.29, 1.82) is 0 Å². The van der Waals surface area contributed by atoms with Gasteiger partial charge in [-0.1, -0.05) is 44.2 Å². The SMILES string of the molecule is COC(=O)[C@@H](OP(=O)(CNC(=O)OCc1ccccc1)OC)C(C)C. The molecule has 140 valence electrons. The summed E-state index contributed by atoms with van der Waals surface area (Å²) in [4.78, 5) is 23.4. The summed E-state index contributed by atoms with van der Waals surface area (Å²) in [6.07, 6.45) is -2.28. The third-order valence-corrected chi connectivity index (χ3v) is 4.87. The quantitative estimate of drug-likeness (QED) is 0.525. The minimum atomic E-state index is -3.74. The molecule has 0 spiro atoms. The van der Waals surface area contributed by atoms with Gasteiger partial charge < -0.3 is 19.3 Å². The van der Waals surface area contributed by atoms with Crippen LogP contribution < -0.4 is 5.32 Å². The van der Waals surface area contributed by atoms with Crippen molar-refractivity contribution < 1.29 is 32.7 Å². The van der Waals surface area contributed by atoms with Gasteiger partial charge in [0.15, 0.2) is 6.10 Å². The smallest absolute Gasteiger partial charge is 0.408 e. The normalized spacial score (nSPS) is 14.4. The summed E-state index contributed by atoms with van der Waals surface area (Å²) < 4.78 is 32.4. The third-order valence-electron chi connectivity index (χ3n) is 3.22. The van der Waals surface area contributed by atoms with E-state index in [1.54, 1.807) is 26.0 Å². The Balaban J connectivity index is 2.56. The molecule has 0 aliphatic rings. The summed E-state index contributed by atoms with van der Waals surface area (Å²) in [6.45, 7) is 3.49.